The van der Waals surface area contributed by atoms with E-state index in [1.54, 1.807) is 0 Å². The van der Waals surface area contributed by atoms with E-state index in [-0.39, 0.29) is 22.5 Å². The first-order chi connectivity index (χ1) is 11.3. The van der Waals surface area contributed by atoms with Gasteiger partial charge in [-0.15, -0.1) is 0 Å². The number of ether oxygens (including phenoxy) is 1. The third kappa shape index (κ3) is 4.26. The quantitative estimate of drug-likeness (QED) is 0.831. The summed E-state index contributed by atoms with van der Waals surface area (Å²) in [7, 11) is 0. The lowest BCUT2D eigenvalue weighted by Gasteiger charge is -2.35. The van der Waals surface area contributed by atoms with Gasteiger partial charge in [-0.3, -0.25) is 4.79 Å². The van der Waals surface area contributed by atoms with Gasteiger partial charge in [0.15, 0.2) is 6.10 Å². The van der Waals surface area contributed by atoms with Crippen LogP contribution in [0.3, 0.4) is 0 Å². The van der Waals surface area contributed by atoms with E-state index in [1.807, 2.05) is 0 Å². The fraction of sp³-hybridized carbons (Fsp3) is 0.556. The van der Waals surface area contributed by atoms with Crippen molar-refractivity contribution in [3.63, 3.8) is 0 Å². The average molecular weight is 356 g/mol. The molecular formula is C18H23ClFNO3. The van der Waals surface area contributed by atoms with Crippen molar-refractivity contribution >= 4 is 23.5 Å². The molecule has 4 atom stereocenters. The molecule has 0 heterocycles. The standard InChI is InChI=1S/C18H23ClFNO3/c1-10-6-4-9-15(11(10)2)21-17(22)12(3)24-18(23)16-13(19)7-5-8-14(16)20/h5,7-8,10-12,15H,4,6,9H2,1-3H3,(H,21,22)/t10-,11+,12+,15-/m0/s1. The average Bonchev–Trinajstić information content (AvgIpc) is 2.51. The van der Waals surface area contributed by atoms with Crippen LogP contribution in [-0.2, 0) is 9.53 Å². The maximum Gasteiger partial charge on any atom is 0.343 e. The van der Waals surface area contributed by atoms with Crippen molar-refractivity contribution in [3.05, 3.63) is 34.6 Å². The number of carbonyl (C=O) groups is 2. The molecule has 0 aromatic heterocycles. The van der Waals surface area contributed by atoms with E-state index >= 15 is 0 Å². The van der Waals surface area contributed by atoms with Gasteiger partial charge >= 0.3 is 5.97 Å². The smallest absolute Gasteiger partial charge is 0.343 e. The Morgan fingerprint density at radius 1 is 1.33 bits per heavy atom. The molecule has 1 fully saturated rings. The first-order valence-corrected chi connectivity index (χ1v) is 8.64. The Hall–Kier alpha value is -1.62. The highest BCUT2D eigenvalue weighted by atomic mass is 35.5. The van der Waals surface area contributed by atoms with E-state index in [0.29, 0.717) is 11.8 Å². The van der Waals surface area contributed by atoms with Crippen molar-refractivity contribution in [2.24, 2.45) is 11.8 Å². The highest BCUT2D eigenvalue weighted by Crippen LogP contribution is 2.29. The number of nitrogens with one attached hydrogen (secondary N) is 1. The lowest BCUT2D eigenvalue weighted by Crippen LogP contribution is -2.47. The first-order valence-electron chi connectivity index (χ1n) is 8.26. The first kappa shape index (κ1) is 18.7. The molecule has 1 aromatic rings. The Labute approximate surface area is 146 Å². The second-order valence-electron chi connectivity index (χ2n) is 6.53. The summed E-state index contributed by atoms with van der Waals surface area (Å²) in [6.45, 7) is 5.76. The van der Waals surface area contributed by atoms with Gasteiger partial charge in [0.05, 0.1) is 5.02 Å². The summed E-state index contributed by atoms with van der Waals surface area (Å²) >= 11 is 5.84. The van der Waals surface area contributed by atoms with Crippen LogP contribution in [0.4, 0.5) is 4.39 Å². The Balaban J connectivity index is 1.97. The molecule has 132 valence electrons. The van der Waals surface area contributed by atoms with E-state index < -0.39 is 17.9 Å². The molecule has 6 heteroatoms. The number of amides is 1. The molecule has 0 spiro atoms. The van der Waals surface area contributed by atoms with Crippen molar-refractivity contribution in [1.82, 2.24) is 5.32 Å². The van der Waals surface area contributed by atoms with E-state index in [1.165, 1.54) is 19.1 Å². The fourth-order valence-corrected chi connectivity index (χ4v) is 3.29. The van der Waals surface area contributed by atoms with Crippen molar-refractivity contribution in [1.29, 1.82) is 0 Å². The number of hydrogen-bond acceptors (Lipinski definition) is 3. The minimum Gasteiger partial charge on any atom is -0.449 e. The molecule has 1 N–H and O–H groups in total. The number of benzene rings is 1. The van der Waals surface area contributed by atoms with Gasteiger partial charge in [0.1, 0.15) is 11.4 Å². The van der Waals surface area contributed by atoms with Crippen LogP contribution in [0.2, 0.25) is 5.02 Å². The molecule has 1 aliphatic rings. The summed E-state index contributed by atoms with van der Waals surface area (Å²) in [5, 5.41) is 2.90. The molecule has 24 heavy (non-hydrogen) atoms. The van der Waals surface area contributed by atoms with Gasteiger partial charge in [-0.2, -0.15) is 0 Å². The Morgan fingerprint density at radius 2 is 2.04 bits per heavy atom. The number of esters is 1. The van der Waals surface area contributed by atoms with Crippen LogP contribution in [-0.4, -0.2) is 24.0 Å². The minimum absolute atomic E-state index is 0.0395. The highest BCUT2D eigenvalue weighted by molar-refractivity contribution is 6.33. The molecule has 1 saturated carbocycles. The molecule has 1 amide bonds. The van der Waals surface area contributed by atoms with Crippen LogP contribution in [0.25, 0.3) is 0 Å². The summed E-state index contributed by atoms with van der Waals surface area (Å²) in [4.78, 5) is 24.4. The van der Waals surface area contributed by atoms with Crippen LogP contribution in [0.1, 0.15) is 50.4 Å². The molecule has 1 aliphatic carbocycles. The van der Waals surface area contributed by atoms with Gasteiger partial charge in [-0.05, 0) is 37.3 Å². The van der Waals surface area contributed by atoms with Crippen molar-refractivity contribution < 1.29 is 18.7 Å². The molecule has 4 nitrogen and oxygen atoms in total. The molecule has 0 radical (unpaired) electrons. The SMILES string of the molecule is C[C@H]1[C@@H](NC(=O)[C@@H](C)OC(=O)c2c(F)cccc2Cl)CCC[C@@H]1C. The molecule has 2 rings (SSSR count). The summed E-state index contributed by atoms with van der Waals surface area (Å²) in [6, 6.07) is 3.99. The molecular weight excluding hydrogens is 333 g/mol. The van der Waals surface area contributed by atoms with Gasteiger partial charge in [0.2, 0.25) is 0 Å². The predicted octanol–water partition coefficient (Wildman–Crippen LogP) is 3.97. The molecule has 1 aromatic carbocycles. The zero-order chi connectivity index (χ0) is 17.9. The summed E-state index contributed by atoms with van der Waals surface area (Å²) in [5.41, 5.74) is -0.349. The van der Waals surface area contributed by atoms with Crippen LogP contribution < -0.4 is 5.32 Å². The Morgan fingerprint density at radius 3 is 2.71 bits per heavy atom. The maximum atomic E-state index is 13.7. The van der Waals surface area contributed by atoms with Gasteiger partial charge in [0.25, 0.3) is 5.91 Å². The highest BCUT2D eigenvalue weighted by Gasteiger charge is 2.30. The Kier molecular flexibility index (Phi) is 6.21. The number of hydrogen-bond donors (Lipinski definition) is 1. The lowest BCUT2D eigenvalue weighted by molar-refractivity contribution is -0.130. The van der Waals surface area contributed by atoms with Gasteiger partial charge in [-0.25, -0.2) is 9.18 Å². The fourth-order valence-electron chi connectivity index (χ4n) is 3.05. The summed E-state index contributed by atoms with van der Waals surface area (Å²) < 4.78 is 18.8. The minimum atomic E-state index is -1.02. The third-order valence-corrected chi connectivity index (χ3v) is 5.17. The number of halogens is 2. The van der Waals surface area contributed by atoms with E-state index in [9.17, 15) is 14.0 Å². The Bertz CT molecular complexity index is 602. The second kappa shape index (κ2) is 7.97. The number of carbonyl (C=O) groups excluding carboxylic acids is 2. The molecule has 0 saturated heterocycles. The van der Waals surface area contributed by atoms with Crippen molar-refractivity contribution in [2.75, 3.05) is 0 Å². The third-order valence-electron chi connectivity index (χ3n) is 4.85. The molecule has 0 bridgehead atoms. The second-order valence-corrected chi connectivity index (χ2v) is 6.93. The van der Waals surface area contributed by atoms with Crippen LogP contribution in [0, 0.1) is 17.7 Å². The van der Waals surface area contributed by atoms with E-state index in [4.69, 9.17) is 16.3 Å². The van der Waals surface area contributed by atoms with Crippen LogP contribution in [0.5, 0.6) is 0 Å². The summed E-state index contributed by atoms with van der Waals surface area (Å²) in [5.74, 6) is -1.17. The molecule has 0 unspecified atom stereocenters. The van der Waals surface area contributed by atoms with Gasteiger partial charge < -0.3 is 10.1 Å². The van der Waals surface area contributed by atoms with Gasteiger partial charge in [0, 0.05) is 6.04 Å². The zero-order valence-corrected chi connectivity index (χ0v) is 14.9. The monoisotopic (exact) mass is 355 g/mol. The normalized spacial score (nSPS) is 25.0. The van der Waals surface area contributed by atoms with Gasteiger partial charge in [-0.1, -0.05) is 44.4 Å². The summed E-state index contributed by atoms with van der Waals surface area (Å²) in [6.07, 6.45) is 2.12. The van der Waals surface area contributed by atoms with Crippen molar-refractivity contribution in [3.8, 4) is 0 Å². The number of rotatable bonds is 4. The largest absolute Gasteiger partial charge is 0.449 e. The van der Waals surface area contributed by atoms with E-state index in [2.05, 4.69) is 19.2 Å². The lowest BCUT2D eigenvalue weighted by atomic mass is 9.78. The zero-order valence-electron chi connectivity index (χ0n) is 14.1. The topological polar surface area (TPSA) is 55.4 Å². The van der Waals surface area contributed by atoms with Crippen molar-refractivity contribution in [2.45, 2.75) is 52.2 Å². The molecule has 0 aliphatic heterocycles. The van der Waals surface area contributed by atoms with Crippen LogP contribution >= 0.6 is 11.6 Å². The predicted molar refractivity (Wildman–Crippen MR) is 90.4 cm³/mol. The maximum absolute atomic E-state index is 13.7. The van der Waals surface area contributed by atoms with Crippen LogP contribution in [0.15, 0.2) is 18.2 Å². The van der Waals surface area contributed by atoms with E-state index in [0.717, 1.165) is 25.3 Å².